The van der Waals surface area contributed by atoms with Crippen LogP contribution in [0.4, 0.5) is 0 Å². The molecular weight excluding hydrogens is 245 g/mol. The highest BCUT2D eigenvalue weighted by molar-refractivity contribution is 7.47. The van der Waals surface area contributed by atoms with E-state index in [2.05, 4.69) is 11.5 Å². The molecule has 0 saturated heterocycles. The topological polar surface area (TPSA) is 88.0 Å². The van der Waals surface area contributed by atoms with Gasteiger partial charge in [-0.05, 0) is 13.3 Å². The van der Waals surface area contributed by atoms with Gasteiger partial charge in [-0.3, -0.25) is 4.52 Å². The van der Waals surface area contributed by atoms with E-state index in [1.807, 2.05) is 5.48 Å². The predicted octanol–water partition coefficient (Wildman–Crippen LogP) is 2.32. The van der Waals surface area contributed by atoms with Crippen molar-refractivity contribution in [3.05, 3.63) is 0 Å². The average Bonchev–Trinajstić information content (AvgIpc) is 2.25. The van der Waals surface area contributed by atoms with Crippen LogP contribution in [0.2, 0.25) is 0 Å². The van der Waals surface area contributed by atoms with Crippen LogP contribution in [-0.2, 0) is 13.7 Å². The van der Waals surface area contributed by atoms with E-state index in [0.29, 0.717) is 0 Å². The molecule has 6 nitrogen and oxygen atoms in total. The van der Waals surface area contributed by atoms with Crippen molar-refractivity contribution in [3.8, 4) is 0 Å². The van der Waals surface area contributed by atoms with Crippen molar-refractivity contribution in [2.75, 3.05) is 6.61 Å². The van der Waals surface area contributed by atoms with Crippen LogP contribution in [0.3, 0.4) is 0 Å². The number of hydroxylamine groups is 1. The van der Waals surface area contributed by atoms with Gasteiger partial charge in [-0.15, -0.1) is 0 Å². The Morgan fingerprint density at radius 2 is 1.82 bits per heavy atom. The van der Waals surface area contributed by atoms with Crippen molar-refractivity contribution in [1.82, 2.24) is 5.48 Å². The number of aliphatic hydroxyl groups is 1. The summed E-state index contributed by atoms with van der Waals surface area (Å²) < 4.78 is 20.2. The summed E-state index contributed by atoms with van der Waals surface area (Å²) in [7, 11) is -4.08. The number of nitrogens with one attached hydrogen (secondary N) is 1. The maximum absolute atomic E-state index is 11.2. The van der Waals surface area contributed by atoms with E-state index in [9.17, 15) is 4.57 Å². The van der Waals surface area contributed by atoms with E-state index in [-0.39, 0.29) is 6.61 Å². The van der Waals surface area contributed by atoms with Gasteiger partial charge in [0, 0.05) is 0 Å². The Morgan fingerprint density at radius 1 is 1.24 bits per heavy atom. The Kier molecular flexibility index (Phi) is 10.0. The molecule has 0 aliphatic heterocycles. The molecule has 0 bridgehead atoms. The van der Waals surface area contributed by atoms with Crippen LogP contribution in [0.5, 0.6) is 0 Å². The van der Waals surface area contributed by atoms with E-state index in [0.717, 1.165) is 19.3 Å². The van der Waals surface area contributed by atoms with Crippen LogP contribution in [0.15, 0.2) is 0 Å². The number of phosphoric acid groups is 1. The third-order valence-corrected chi connectivity index (χ3v) is 2.94. The molecule has 0 rings (SSSR count). The van der Waals surface area contributed by atoms with Gasteiger partial charge in [-0.2, -0.15) is 10.1 Å². The van der Waals surface area contributed by atoms with Gasteiger partial charge in [0.05, 0.1) is 6.61 Å². The van der Waals surface area contributed by atoms with Crippen LogP contribution < -0.4 is 5.48 Å². The highest BCUT2D eigenvalue weighted by Gasteiger charge is 2.21. The Labute approximate surface area is 103 Å². The molecule has 0 spiro atoms. The van der Waals surface area contributed by atoms with Crippen molar-refractivity contribution < 1.29 is 23.7 Å². The lowest BCUT2D eigenvalue weighted by Crippen LogP contribution is -2.24. The van der Waals surface area contributed by atoms with Crippen molar-refractivity contribution in [3.63, 3.8) is 0 Å². The number of phosphoric ester groups is 1. The van der Waals surface area contributed by atoms with Crippen LogP contribution in [-0.4, -0.2) is 22.8 Å². The Hall–Kier alpha value is 0.0300. The van der Waals surface area contributed by atoms with Crippen molar-refractivity contribution in [1.29, 1.82) is 0 Å². The van der Waals surface area contributed by atoms with Crippen molar-refractivity contribution >= 4 is 7.82 Å². The first-order valence-corrected chi connectivity index (χ1v) is 7.57. The zero-order valence-electron chi connectivity index (χ0n) is 10.6. The Morgan fingerprint density at radius 3 is 2.41 bits per heavy atom. The van der Waals surface area contributed by atoms with Gasteiger partial charge in [0.1, 0.15) is 6.23 Å². The first-order chi connectivity index (χ1) is 7.98. The van der Waals surface area contributed by atoms with Crippen molar-refractivity contribution in [2.45, 2.75) is 58.6 Å². The summed E-state index contributed by atoms with van der Waals surface area (Å²) in [5.41, 5.74) is 1.97. The second-order valence-electron chi connectivity index (χ2n) is 3.95. The molecule has 3 N–H and O–H groups in total. The largest absolute Gasteiger partial charge is 0.488 e. The quantitative estimate of drug-likeness (QED) is 0.231. The fourth-order valence-electron chi connectivity index (χ4n) is 1.23. The van der Waals surface area contributed by atoms with Gasteiger partial charge in [0.15, 0.2) is 0 Å². The van der Waals surface area contributed by atoms with Gasteiger partial charge in [-0.1, -0.05) is 39.0 Å². The minimum absolute atomic E-state index is 0.182. The molecular formula is C10H24NO5P. The first-order valence-electron chi connectivity index (χ1n) is 6.07. The summed E-state index contributed by atoms with van der Waals surface area (Å²) in [6.07, 6.45) is 5.40. The predicted molar refractivity (Wildman–Crippen MR) is 65.1 cm³/mol. The smallest absolute Gasteiger partial charge is 0.377 e. The lowest BCUT2D eigenvalue weighted by atomic mass is 10.1. The minimum atomic E-state index is -4.08. The molecule has 0 aromatic carbocycles. The molecule has 2 unspecified atom stereocenters. The summed E-state index contributed by atoms with van der Waals surface area (Å²) in [5.74, 6) is 0. The molecule has 0 radical (unpaired) electrons. The standard InChI is InChI=1S/C10H24NO5P/c1-3-4-5-6-7-8-9-15-17(13,14)16-11-10(2)12/h10-12H,3-9H2,1-2H3,(H,13,14). The van der Waals surface area contributed by atoms with E-state index in [1.165, 1.54) is 26.2 Å². The van der Waals surface area contributed by atoms with Gasteiger partial charge < -0.3 is 10.00 Å². The number of hydrogen-bond acceptors (Lipinski definition) is 5. The molecule has 0 heterocycles. The number of unbranched alkanes of at least 4 members (excludes halogenated alkanes) is 5. The Bertz CT molecular complexity index is 225. The fraction of sp³-hybridized carbons (Fsp3) is 1.00. The summed E-state index contributed by atoms with van der Waals surface area (Å²) in [6.45, 7) is 3.70. The highest BCUT2D eigenvalue weighted by Crippen LogP contribution is 2.42. The Balaban J connectivity index is 3.42. The summed E-state index contributed by atoms with van der Waals surface area (Å²) in [4.78, 5) is 9.14. The zero-order valence-corrected chi connectivity index (χ0v) is 11.5. The average molecular weight is 269 g/mol. The fourth-order valence-corrected chi connectivity index (χ4v) is 1.93. The molecule has 0 aliphatic rings. The van der Waals surface area contributed by atoms with E-state index < -0.39 is 14.1 Å². The van der Waals surface area contributed by atoms with Crippen LogP contribution in [0.25, 0.3) is 0 Å². The maximum Gasteiger partial charge on any atom is 0.488 e. The van der Waals surface area contributed by atoms with E-state index in [4.69, 9.17) is 14.5 Å². The van der Waals surface area contributed by atoms with Crippen molar-refractivity contribution in [2.24, 2.45) is 0 Å². The monoisotopic (exact) mass is 269 g/mol. The second-order valence-corrected chi connectivity index (χ2v) is 5.33. The lowest BCUT2D eigenvalue weighted by Gasteiger charge is -2.13. The SMILES string of the molecule is CCCCCCCCOP(=O)(O)ONC(C)O. The molecule has 0 saturated carbocycles. The first kappa shape index (κ1) is 17.0. The number of hydrogen-bond donors (Lipinski definition) is 3. The lowest BCUT2D eigenvalue weighted by molar-refractivity contribution is 0.00361. The highest BCUT2D eigenvalue weighted by atomic mass is 31.2. The molecule has 104 valence electrons. The third-order valence-electron chi connectivity index (χ3n) is 2.09. The minimum Gasteiger partial charge on any atom is -0.377 e. The second kappa shape index (κ2) is 10.00. The molecule has 0 aromatic heterocycles. The molecule has 17 heavy (non-hydrogen) atoms. The number of aliphatic hydroxyl groups excluding tert-OH is 1. The molecule has 0 fully saturated rings. The van der Waals surface area contributed by atoms with Crippen LogP contribution in [0.1, 0.15) is 52.4 Å². The van der Waals surface area contributed by atoms with E-state index >= 15 is 0 Å². The maximum atomic E-state index is 11.2. The van der Waals surface area contributed by atoms with Gasteiger partial charge in [0.2, 0.25) is 0 Å². The molecule has 2 atom stereocenters. The molecule has 0 aliphatic carbocycles. The van der Waals surface area contributed by atoms with Crippen LogP contribution >= 0.6 is 7.82 Å². The molecule has 7 heteroatoms. The van der Waals surface area contributed by atoms with Gasteiger partial charge in [-0.25, -0.2) is 4.57 Å². The molecule has 0 amide bonds. The van der Waals surface area contributed by atoms with E-state index in [1.54, 1.807) is 0 Å². The third kappa shape index (κ3) is 12.3. The number of rotatable bonds is 11. The van der Waals surface area contributed by atoms with Gasteiger partial charge in [0.25, 0.3) is 0 Å². The normalized spacial score (nSPS) is 16.7. The zero-order chi connectivity index (χ0) is 13.1. The van der Waals surface area contributed by atoms with Gasteiger partial charge >= 0.3 is 7.82 Å². The summed E-state index contributed by atoms with van der Waals surface area (Å²) >= 11 is 0. The summed E-state index contributed by atoms with van der Waals surface area (Å²) in [6, 6.07) is 0. The summed E-state index contributed by atoms with van der Waals surface area (Å²) in [5, 5.41) is 8.78. The van der Waals surface area contributed by atoms with Crippen LogP contribution in [0, 0.1) is 0 Å². The molecule has 0 aromatic rings.